The number of alkyl halides is 3. The maximum absolute atomic E-state index is 13.3. The molecule has 1 aromatic carbocycles. The number of rotatable bonds is 3. The molecule has 0 bridgehead atoms. The Labute approximate surface area is 181 Å². The van der Waals surface area contributed by atoms with E-state index in [1.165, 1.54) is 29.2 Å². The minimum absolute atomic E-state index is 0.0155. The Morgan fingerprint density at radius 1 is 1.09 bits per heavy atom. The lowest BCUT2D eigenvalue weighted by molar-refractivity contribution is -0.138. The molecule has 0 atom stereocenters. The van der Waals surface area contributed by atoms with Crippen molar-refractivity contribution in [1.29, 1.82) is 0 Å². The molecule has 0 unspecified atom stereocenters. The van der Waals surface area contributed by atoms with Crippen LogP contribution >= 0.6 is 0 Å². The molecule has 1 amide bonds. The lowest BCUT2D eigenvalue weighted by Gasteiger charge is -2.22. The minimum atomic E-state index is -4.53. The molecule has 32 heavy (non-hydrogen) atoms. The summed E-state index contributed by atoms with van der Waals surface area (Å²) in [7, 11) is 0. The average molecular weight is 447 g/mol. The number of amides is 1. The molecule has 1 aliphatic rings. The standard InChI is InChI=1S/C20H20F3N7O2/c1-13-3-4-17(30-25-5-6-26-30)15(11-13)18(31)28-7-8-29(32-10-9-28)19-24-12-16(14(2)27-19)20(21,22)23/h3-6,11-12H,7-10H2,1-2H3. The van der Waals surface area contributed by atoms with Gasteiger partial charge in [0.05, 0.1) is 48.1 Å². The summed E-state index contributed by atoms with van der Waals surface area (Å²) in [5.74, 6) is -0.210. The molecular weight excluding hydrogens is 427 g/mol. The Kier molecular flexibility index (Phi) is 5.78. The van der Waals surface area contributed by atoms with Gasteiger partial charge in [-0.2, -0.15) is 28.2 Å². The predicted molar refractivity (Wildman–Crippen MR) is 107 cm³/mol. The van der Waals surface area contributed by atoms with Gasteiger partial charge in [0.1, 0.15) is 0 Å². The van der Waals surface area contributed by atoms with E-state index >= 15 is 0 Å². The number of nitrogens with zero attached hydrogens (tertiary/aromatic N) is 7. The molecule has 1 saturated heterocycles. The number of halogens is 3. The smallest absolute Gasteiger partial charge is 0.334 e. The summed E-state index contributed by atoms with van der Waals surface area (Å²) < 4.78 is 38.9. The Morgan fingerprint density at radius 2 is 1.84 bits per heavy atom. The SMILES string of the molecule is Cc1ccc(-n2nccn2)c(C(=O)N2CCON(c3ncc(C(F)(F)F)c(C)n3)CC2)c1. The van der Waals surface area contributed by atoms with E-state index in [4.69, 9.17) is 4.84 Å². The van der Waals surface area contributed by atoms with Crippen LogP contribution in [0.4, 0.5) is 19.1 Å². The highest BCUT2D eigenvalue weighted by atomic mass is 19.4. The number of hydrogen-bond acceptors (Lipinski definition) is 7. The fourth-order valence-corrected chi connectivity index (χ4v) is 3.37. The summed E-state index contributed by atoms with van der Waals surface area (Å²) in [6.07, 6.45) is -0.735. The van der Waals surface area contributed by atoms with E-state index in [0.29, 0.717) is 11.3 Å². The van der Waals surface area contributed by atoms with Gasteiger partial charge in [0, 0.05) is 19.3 Å². The molecule has 0 spiro atoms. The number of hydroxylamine groups is 1. The van der Waals surface area contributed by atoms with E-state index in [9.17, 15) is 18.0 Å². The Hall–Kier alpha value is -3.54. The van der Waals surface area contributed by atoms with Gasteiger partial charge in [-0.15, -0.1) is 0 Å². The lowest BCUT2D eigenvalue weighted by Crippen LogP contribution is -2.36. The normalized spacial score (nSPS) is 15.0. The summed E-state index contributed by atoms with van der Waals surface area (Å²) in [4.78, 5) is 29.7. The molecule has 2 aromatic heterocycles. The molecule has 0 radical (unpaired) electrons. The van der Waals surface area contributed by atoms with Crippen LogP contribution in [0.15, 0.2) is 36.8 Å². The average Bonchev–Trinajstić information content (AvgIpc) is 3.16. The van der Waals surface area contributed by atoms with E-state index in [1.54, 1.807) is 17.0 Å². The first-order chi connectivity index (χ1) is 15.2. The summed E-state index contributed by atoms with van der Waals surface area (Å²) >= 11 is 0. The van der Waals surface area contributed by atoms with Crippen molar-refractivity contribution in [3.8, 4) is 5.69 Å². The molecule has 1 fully saturated rings. The fraction of sp³-hybridized carbons (Fsp3) is 0.350. The van der Waals surface area contributed by atoms with Gasteiger partial charge in [0.2, 0.25) is 5.95 Å². The lowest BCUT2D eigenvalue weighted by atomic mass is 10.1. The number of carbonyl (C=O) groups excluding carboxylic acids is 1. The quantitative estimate of drug-likeness (QED) is 0.610. The van der Waals surface area contributed by atoms with Crippen LogP contribution in [-0.4, -0.2) is 62.0 Å². The van der Waals surface area contributed by atoms with Crippen molar-refractivity contribution in [1.82, 2.24) is 29.9 Å². The summed E-state index contributed by atoms with van der Waals surface area (Å²) in [6.45, 7) is 4.03. The zero-order valence-corrected chi connectivity index (χ0v) is 17.4. The Morgan fingerprint density at radius 3 is 2.53 bits per heavy atom. The first-order valence-corrected chi connectivity index (χ1v) is 9.82. The number of carbonyl (C=O) groups is 1. The largest absolute Gasteiger partial charge is 0.419 e. The zero-order valence-electron chi connectivity index (χ0n) is 17.4. The molecule has 4 rings (SSSR count). The van der Waals surface area contributed by atoms with Crippen LogP contribution < -0.4 is 5.06 Å². The van der Waals surface area contributed by atoms with Gasteiger partial charge < -0.3 is 4.90 Å². The Balaban J connectivity index is 1.53. The number of benzene rings is 1. The highest BCUT2D eigenvalue weighted by molar-refractivity contribution is 5.98. The van der Waals surface area contributed by atoms with E-state index in [1.807, 2.05) is 13.0 Å². The monoisotopic (exact) mass is 447 g/mol. The van der Waals surface area contributed by atoms with Gasteiger partial charge in [-0.05, 0) is 26.0 Å². The molecular formula is C20H20F3N7O2. The first-order valence-electron chi connectivity index (χ1n) is 9.82. The second-order valence-electron chi connectivity index (χ2n) is 7.23. The minimum Gasteiger partial charge on any atom is -0.334 e. The molecule has 3 aromatic rings. The van der Waals surface area contributed by atoms with E-state index in [-0.39, 0.29) is 43.8 Å². The molecule has 0 aliphatic carbocycles. The van der Waals surface area contributed by atoms with Crippen molar-refractivity contribution >= 4 is 11.9 Å². The fourth-order valence-electron chi connectivity index (χ4n) is 3.37. The van der Waals surface area contributed by atoms with E-state index < -0.39 is 11.7 Å². The molecule has 12 heteroatoms. The molecule has 9 nitrogen and oxygen atoms in total. The van der Waals surface area contributed by atoms with Gasteiger partial charge >= 0.3 is 6.18 Å². The second-order valence-corrected chi connectivity index (χ2v) is 7.23. The molecule has 0 N–H and O–H groups in total. The van der Waals surface area contributed by atoms with Crippen molar-refractivity contribution in [3.63, 3.8) is 0 Å². The zero-order chi connectivity index (χ0) is 22.9. The van der Waals surface area contributed by atoms with Crippen LogP contribution in [0.3, 0.4) is 0 Å². The van der Waals surface area contributed by atoms with Crippen LogP contribution in [0.2, 0.25) is 0 Å². The van der Waals surface area contributed by atoms with E-state index in [2.05, 4.69) is 20.2 Å². The molecule has 168 valence electrons. The van der Waals surface area contributed by atoms with Gasteiger partial charge in [-0.3, -0.25) is 9.63 Å². The number of aryl methyl sites for hydroxylation is 2. The highest BCUT2D eigenvalue weighted by Crippen LogP contribution is 2.31. The number of aromatic nitrogens is 5. The number of anilines is 1. The topological polar surface area (TPSA) is 89.3 Å². The van der Waals surface area contributed by atoms with Crippen molar-refractivity contribution in [3.05, 3.63) is 59.2 Å². The Bertz CT molecular complexity index is 1120. The predicted octanol–water partition coefficient (Wildman–Crippen LogP) is 2.59. The highest BCUT2D eigenvalue weighted by Gasteiger charge is 2.34. The van der Waals surface area contributed by atoms with Gasteiger partial charge in [0.25, 0.3) is 5.91 Å². The summed E-state index contributed by atoms with van der Waals surface area (Å²) in [5, 5.41) is 9.54. The molecule has 1 aliphatic heterocycles. The maximum atomic E-state index is 13.3. The summed E-state index contributed by atoms with van der Waals surface area (Å²) in [5.41, 5.74) is 0.808. The third-order valence-corrected chi connectivity index (χ3v) is 4.98. The van der Waals surface area contributed by atoms with E-state index in [0.717, 1.165) is 11.8 Å². The third kappa shape index (κ3) is 4.40. The van der Waals surface area contributed by atoms with Crippen LogP contribution in [0.5, 0.6) is 0 Å². The molecule has 3 heterocycles. The van der Waals surface area contributed by atoms with Crippen LogP contribution in [0.1, 0.15) is 27.2 Å². The van der Waals surface area contributed by atoms with Crippen LogP contribution in [0.25, 0.3) is 5.69 Å². The first kappa shape index (κ1) is 21.7. The van der Waals surface area contributed by atoms with Gasteiger partial charge in [-0.1, -0.05) is 11.6 Å². The summed E-state index contributed by atoms with van der Waals surface area (Å²) in [6, 6.07) is 5.42. The maximum Gasteiger partial charge on any atom is 0.419 e. The van der Waals surface area contributed by atoms with Crippen molar-refractivity contribution < 1.29 is 22.8 Å². The van der Waals surface area contributed by atoms with Crippen LogP contribution in [0, 0.1) is 13.8 Å². The third-order valence-electron chi connectivity index (χ3n) is 4.98. The van der Waals surface area contributed by atoms with Crippen molar-refractivity contribution in [2.24, 2.45) is 0 Å². The molecule has 0 saturated carbocycles. The van der Waals surface area contributed by atoms with Crippen molar-refractivity contribution in [2.45, 2.75) is 20.0 Å². The number of hydrogen-bond donors (Lipinski definition) is 0. The van der Waals surface area contributed by atoms with Gasteiger partial charge in [-0.25, -0.2) is 15.0 Å². The van der Waals surface area contributed by atoms with Crippen LogP contribution in [-0.2, 0) is 11.0 Å². The second kappa shape index (κ2) is 8.54. The van der Waals surface area contributed by atoms with Gasteiger partial charge in [0.15, 0.2) is 0 Å². The van der Waals surface area contributed by atoms with Crippen molar-refractivity contribution in [2.75, 3.05) is 31.3 Å².